The van der Waals surface area contributed by atoms with Gasteiger partial charge in [0.15, 0.2) is 0 Å². The number of aryl methyl sites for hydroxylation is 3. The molecule has 6 heteroatoms. The standard InChI is InChI=1S/C17H17N3O3/c1-11-3-4-12(2)13(9-11)14-10-15-17(23)19(6-5-16(21)22)7-8-20(15)18-14/h3-4,7-10H,5-6H2,1-2H3,(H,21,22). The highest BCUT2D eigenvalue weighted by atomic mass is 16.4. The zero-order chi connectivity index (χ0) is 16.6. The third-order valence-electron chi connectivity index (χ3n) is 3.84. The van der Waals surface area contributed by atoms with Gasteiger partial charge in [0.05, 0.1) is 12.1 Å². The second-order valence-corrected chi connectivity index (χ2v) is 5.62. The van der Waals surface area contributed by atoms with Crippen molar-refractivity contribution in [2.24, 2.45) is 0 Å². The molecule has 0 fully saturated rings. The molecule has 2 heterocycles. The number of carbonyl (C=O) groups is 1. The Morgan fingerprint density at radius 1 is 1.22 bits per heavy atom. The lowest BCUT2D eigenvalue weighted by atomic mass is 10.0. The molecule has 0 spiro atoms. The number of fused-ring (bicyclic) bond motifs is 1. The highest BCUT2D eigenvalue weighted by molar-refractivity contribution is 5.69. The molecule has 6 nitrogen and oxygen atoms in total. The fourth-order valence-electron chi connectivity index (χ4n) is 2.56. The van der Waals surface area contributed by atoms with Crippen LogP contribution in [0.3, 0.4) is 0 Å². The van der Waals surface area contributed by atoms with E-state index in [-0.39, 0.29) is 18.5 Å². The predicted molar refractivity (Wildman–Crippen MR) is 86.6 cm³/mol. The van der Waals surface area contributed by atoms with Crippen molar-refractivity contribution in [2.45, 2.75) is 26.8 Å². The highest BCUT2D eigenvalue weighted by Crippen LogP contribution is 2.23. The van der Waals surface area contributed by atoms with Crippen molar-refractivity contribution in [1.82, 2.24) is 14.2 Å². The third-order valence-corrected chi connectivity index (χ3v) is 3.84. The largest absolute Gasteiger partial charge is 0.481 e. The second kappa shape index (κ2) is 5.72. The normalized spacial score (nSPS) is 11.0. The van der Waals surface area contributed by atoms with Gasteiger partial charge in [-0.25, -0.2) is 4.52 Å². The molecule has 2 aromatic heterocycles. The van der Waals surface area contributed by atoms with Crippen LogP contribution in [-0.4, -0.2) is 25.3 Å². The first-order chi connectivity index (χ1) is 11.0. The van der Waals surface area contributed by atoms with Crippen LogP contribution in [0.15, 0.2) is 41.5 Å². The fraction of sp³-hybridized carbons (Fsp3) is 0.235. The average Bonchev–Trinajstić information content (AvgIpc) is 2.93. The van der Waals surface area contributed by atoms with Gasteiger partial charge in [-0.1, -0.05) is 17.7 Å². The summed E-state index contributed by atoms with van der Waals surface area (Å²) in [7, 11) is 0. The number of carboxylic acids is 1. The summed E-state index contributed by atoms with van der Waals surface area (Å²) in [4.78, 5) is 23.1. The number of hydrogen-bond acceptors (Lipinski definition) is 3. The van der Waals surface area contributed by atoms with Gasteiger partial charge in [-0.2, -0.15) is 5.10 Å². The Balaban J connectivity index is 2.09. The molecule has 0 aliphatic heterocycles. The lowest BCUT2D eigenvalue weighted by molar-refractivity contribution is -0.137. The maximum Gasteiger partial charge on any atom is 0.305 e. The number of benzene rings is 1. The monoisotopic (exact) mass is 311 g/mol. The van der Waals surface area contributed by atoms with E-state index in [1.165, 1.54) is 9.08 Å². The molecule has 0 saturated carbocycles. The number of rotatable bonds is 4. The lowest BCUT2D eigenvalue weighted by Gasteiger charge is -2.03. The Kier molecular flexibility index (Phi) is 3.73. The van der Waals surface area contributed by atoms with E-state index in [4.69, 9.17) is 5.11 Å². The Hall–Kier alpha value is -2.89. The summed E-state index contributed by atoms with van der Waals surface area (Å²) in [6.07, 6.45) is 3.15. The van der Waals surface area contributed by atoms with Crippen LogP contribution in [0.4, 0.5) is 0 Å². The number of carboxylic acid groups (broad SMARTS) is 1. The molecule has 3 rings (SSSR count). The summed E-state index contributed by atoms with van der Waals surface area (Å²) >= 11 is 0. The van der Waals surface area contributed by atoms with Gasteiger partial charge in [-0.05, 0) is 31.5 Å². The molecule has 0 radical (unpaired) electrons. The minimum Gasteiger partial charge on any atom is -0.481 e. The highest BCUT2D eigenvalue weighted by Gasteiger charge is 2.11. The van der Waals surface area contributed by atoms with Crippen LogP contribution < -0.4 is 5.56 Å². The molecule has 0 unspecified atom stereocenters. The average molecular weight is 311 g/mol. The Labute approximate surface area is 132 Å². The van der Waals surface area contributed by atoms with Crippen LogP contribution in [0.2, 0.25) is 0 Å². The molecule has 0 aliphatic rings. The van der Waals surface area contributed by atoms with E-state index < -0.39 is 5.97 Å². The third kappa shape index (κ3) is 2.88. The number of aromatic nitrogens is 3. The van der Waals surface area contributed by atoms with E-state index in [0.717, 1.165) is 22.4 Å². The van der Waals surface area contributed by atoms with E-state index >= 15 is 0 Å². The lowest BCUT2D eigenvalue weighted by Crippen LogP contribution is -2.22. The van der Waals surface area contributed by atoms with Gasteiger partial charge in [0, 0.05) is 24.5 Å². The van der Waals surface area contributed by atoms with Crippen LogP contribution in [0.1, 0.15) is 17.5 Å². The van der Waals surface area contributed by atoms with Crippen molar-refractivity contribution in [2.75, 3.05) is 0 Å². The van der Waals surface area contributed by atoms with Crippen LogP contribution in [0.25, 0.3) is 16.8 Å². The molecule has 1 aromatic carbocycles. The minimum atomic E-state index is -0.929. The van der Waals surface area contributed by atoms with E-state index in [2.05, 4.69) is 5.10 Å². The van der Waals surface area contributed by atoms with Crippen molar-refractivity contribution in [3.63, 3.8) is 0 Å². The molecule has 0 amide bonds. The topological polar surface area (TPSA) is 76.6 Å². The van der Waals surface area contributed by atoms with E-state index in [1.54, 1.807) is 18.5 Å². The summed E-state index contributed by atoms with van der Waals surface area (Å²) < 4.78 is 2.94. The molecular formula is C17H17N3O3. The molecule has 23 heavy (non-hydrogen) atoms. The second-order valence-electron chi connectivity index (χ2n) is 5.62. The molecular weight excluding hydrogens is 294 g/mol. The first-order valence-corrected chi connectivity index (χ1v) is 7.34. The summed E-state index contributed by atoms with van der Waals surface area (Å²) in [5, 5.41) is 13.2. The van der Waals surface area contributed by atoms with E-state index in [9.17, 15) is 9.59 Å². The van der Waals surface area contributed by atoms with Crippen LogP contribution in [0.5, 0.6) is 0 Å². The van der Waals surface area contributed by atoms with Gasteiger partial charge in [-0.15, -0.1) is 0 Å². The van der Waals surface area contributed by atoms with Gasteiger partial charge >= 0.3 is 5.97 Å². The zero-order valence-corrected chi connectivity index (χ0v) is 13.0. The van der Waals surface area contributed by atoms with Crippen molar-refractivity contribution in [1.29, 1.82) is 0 Å². The molecule has 0 atom stereocenters. The fourth-order valence-corrected chi connectivity index (χ4v) is 2.56. The predicted octanol–water partition coefficient (Wildman–Crippen LogP) is 2.25. The maximum atomic E-state index is 12.4. The summed E-state index contributed by atoms with van der Waals surface area (Å²) in [6, 6.07) is 7.86. The number of nitrogens with zero attached hydrogens (tertiary/aromatic N) is 3. The Morgan fingerprint density at radius 2 is 2.00 bits per heavy atom. The van der Waals surface area contributed by atoms with Gasteiger partial charge in [-0.3, -0.25) is 9.59 Å². The van der Waals surface area contributed by atoms with Crippen molar-refractivity contribution >= 4 is 11.5 Å². The molecule has 0 aliphatic carbocycles. The SMILES string of the molecule is Cc1ccc(C)c(-c2cc3c(=O)n(CCC(=O)O)ccn3n2)c1. The minimum absolute atomic E-state index is 0.0892. The number of aliphatic carboxylic acids is 1. The molecule has 0 saturated heterocycles. The van der Waals surface area contributed by atoms with Gasteiger partial charge < -0.3 is 9.67 Å². The van der Waals surface area contributed by atoms with E-state index in [0.29, 0.717) is 5.52 Å². The molecule has 0 bridgehead atoms. The summed E-state index contributed by atoms with van der Waals surface area (Å²) in [6.45, 7) is 4.16. The smallest absolute Gasteiger partial charge is 0.305 e. The quantitative estimate of drug-likeness (QED) is 0.802. The summed E-state index contributed by atoms with van der Waals surface area (Å²) in [5.74, 6) is -0.929. The van der Waals surface area contributed by atoms with Crippen LogP contribution in [-0.2, 0) is 11.3 Å². The first-order valence-electron chi connectivity index (χ1n) is 7.34. The maximum absolute atomic E-state index is 12.4. The van der Waals surface area contributed by atoms with Gasteiger partial charge in [0.25, 0.3) is 5.56 Å². The summed E-state index contributed by atoms with van der Waals surface area (Å²) in [5.41, 5.74) is 4.14. The van der Waals surface area contributed by atoms with Crippen LogP contribution >= 0.6 is 0 Å². The van der Waals surface area contributed by atoms with Crippen molar-refractivity contribution < 1.29 is 9.90 Å². The molecule has 118 valence electrons. The zero-order valence-electron chi connectivity index (χ0n) is 13.0. The van der Waals surface area contributed by atoms with Crippen molar-refractivity contribution in [3.05, 3.63) is 58.1 Å². The number of hydrogen-bond donors (Lipinski definition) is 1. The van der Waals surface area contributed by atoms with E-state index in [1.807, 2.05) is 32.0 Å². The van der Waals surface area contributed by atoms with Crippen molar-refractivity contribution in [3.8, 4) is 11.3 Å². The van der Waals surface area contributed by atoms with Gasteiger partial charge in [0.2, 0.25) is 0 Å². The Bertz CT molecular complexity index is 953. The molecule has 3 aromatic rings. The molecule has 1 N–H and O–H groups in total. The van der Waals surface area contributed by atoms with Gasteiger partial charge in [0.1, 0.15) is 5.52 Å². The first kappa shape index (κ1) is 15.0. The van der Waals surface area contributed by atoms with Crippen LogP contribution in [0, 0.1) is 13.8 Å². The Morgan fingerprint density at radius 3 is 2.74 bits per heavy atom.